The Labute approximate surface area is 184 Å². The maximum absolute atomic E-state index is 13.2. The average Bonchev–Trinajstić information content (AvgIpc) is 3.21. The molecule has 9 heteroatoms. The summed E-state index contributed by atoms with van der Waals surface area (Å²) in [5, 5.41) is 10.6. The summed E-state index contributed by atoms with van der Waals surface area (Å²) in [6.45, 7) is 5.28. The Kier molecular flexibility index (Phi) is 7.83. The van der Waals surface area contributed by atoms with Gasteiger partial charge in [-0.2, -0.15) is 0 Å². The van der Waals surface area contributed by atoms with E-state index in [1.54, 1.807) is 0 Å². The second kappa shape index (κ2) is 10.8. The van der Waals surface area contributed by atoms with Crippen molar-refractivity contribution < 1.29 is 23.1 Å². The Morgan fingerprint density at radius 2 is 1.87 bits per heavy atom. The molecule has 3 aromatic rings. The quantitative estimate of drug-likeness (QED) is 0.500. The molecule has 1 aromatic heterocycles. The lowest BCUT2D eigenvalue weighted by Gasteiger charge is -2.12. The Morgan fingerprint density at radius 1 is 1.10 bits per heavy atom. The molecule has 0 atom stereocenters. The van der Waals surface area contributed by atoms with Crippen LogP contribution in [0.25, 0.3) is 0 Å². The molecule has 0 saturated heterocycles. The molecule has 2 aromatic carbocycles. The van der Waals surface area contributed by atoms with Crippen molar-refractivity contribution in [3.05, 3.63) is 70.1 Å². The summed E-state index contributed by atoms with van der Waals surface area (Å²) in [7, 11) is 0. The van der Waals surface area contributed by atoms with Crippen molar-refractivity contribution in [2.75, 3.05) is 19.8 Å². The summed E-state index contributed by atoms with van der Waals surface area (Å²) in [4.78, 5) is 12.3. The second-order valence-electron chi connectivity index (χ2n) is 6.57. The van der Waals surface area contributed by atoms with Gasteiger partial charge in [0.05, 0.1) is 19.6 Å². The number of carbonyl (C=O) groups excluding carboxylic acids is 1. The van der Waals surface area contributed by atoms with Crippen molar-refractivity contribution in [2.45, 2.75) is 26.7 Å². The third-order valence-corrected chi connectivity index (χ3v) is 4.68. The van der Waals surface area contributed by atoms with Gasteiger partial charge in [-0.25, -0.2) is 4.39 Å². The van der Waals surface area contributed by atoms with Crippen molar-refractivity contribution in [1.82, 2.24) is 15.5 Å². The van der Waals surface area contributed by atoms with Gasteiger partial charge in [0.15, 0.2) is 11.5 Å². The number of hydrogen-bond acceptors (Lipinski definition) is 6. The number of ether oxygens (including phenoxy) is 2. The van der Waals surface area contributed by atoms with E-state index in [2.05, 4.69) is 15.5 Å². The van der Waals surface area contributed by atoms with Crippen LogP contribution in [-0.2, 0) is 12.8 Å². The molecule has 0 unspecified atom stereocenters. The van der Waals surface area contributed by atoms with Crippen LogP contribution in [0.1, 0.15) is 41.6 Å². The zero-order chi connectivity index (χ0) is 22.2. The van der Waals surface area contributed by atoms with Crippen LogP contribution in [0.2, 0.25) is 5.02 Å². The number of amides is 1. The summed E-state index contributed by atoms with van der Waals surface area (Å²) < 4.78 is 29.7. The molecule has 3 rings (SSSR count). The minimum absolute atomic E-state index is 0.144. The first-order chi connectivity index (χ1) is 15.0. The highest BCUT2D eigenvalue weighted by Gasteiger charge is 2.16. The Hall–Kier alpha value is -3.13. The van der Waals surface area contributed by atoms with Crippen LogP contribution in [0.3, 0.4) is 0 Å². The first-order valence-corrected chi connectivity index (χ1v) is 10.3. The molecule has 164 valence electrons. The number of halogens is 2. The van der Waals surface area contributed by atoms with E-state index in [9.17, 15) is 9.18 Å². The smallest absolute Gasteiger partial charge is 0.308 e. The fourth-order valence-corrected chi connectivity index (χ4v) is 3.13. The molecule has 0 saturated carbocycles. The van der Waals surface area contributed by atoms with Gasteiger partial charge >= 0.3 is 11.8 Å². The maximum atomic E-state index is 13.2. The predicted octanol–water partition coefficient (Wildman–Crippen LogP) is 4.22. The first-order valence-electron chi connectivity index (χ1n) is 9.93. The molecule has 0 aliphatic rings. The number of aromatic nitrogens is 2. The fraction of sp³-hybridized carbons (Fsp3) is 0.318. The molecule has 0 fully saturated rings. The van der Waals surface area contributed by atoms with Crippen LogP contribution < -0.4 is 14.8 Å². The second-order valence-corrected chi connectivity index (χ2v) is 6.97. The van der Waals surface area contributed by atoms with Crippen LogP contribution in [-0.4, -0.2) is 35.9 Å². The Morgan fingerprint density at radius 3 is 2.61 bits per heavy atom. The third-order valence-electron chi connectivity index (χ3n) is 4.32. The molecule has 0 aliphatic carbocycles. The van der Waals surface area contributed by atoms with E-state index in [0.29, 0.717) is 43.2 Å². The molecule has 1 N–H and O–H groups in total. The molecule has 31 heavy (non-hydrogen) atoms. The molecule has 0 aliphatic heterocycles. The maximum Gasteiger partial charge on any atom is 0.308 e. The van der Waals surface area contributed by atoms with Gasteiger partial charge in [-0.15, -0.1) is 10.2 Å². The van der Waals surface area contributed by atoms with Gasteiger partial charge < -0.3 is 19.2 Å². The lowest BCUT2D eigenvalue weighted by atomic mass is 10.1. The largest absolute Gasteiger partial charge is 0.490 e. The first kappa shape index (κ1) is 22.6. The summed E-state index contributed by atoms with van der Waals surface area (Å²) in [6.07, 6.45) is 0.788. The van der Waals surface area contributed by atoms with Crippen LogP contribution in [0.15, 0.2) is 40.8 Å². The Bertz CT molecular complexity index is 1040. The number of hydrogen-bond donors (Lipinski definition) is 1. The SMILES string of the molecule is CCOc1ccc(CCNC(=O)c2nnc(Cc3ccc(F)cc3Cl)o2)cc1OCC. The van der Waals surface area contributed by atoms with Gasteiger partial charge in [0.2, 0.25) is 5.89 Å². The Balaban J connectivity index is 1.55. The van der Waals surface area contributed by atoms with Gasteiger partial charge in [0, 0.05) is 11.6 Å². The highest BCUT2D eigenvalue weighted by atomic mass is 35.5. The standard InChI is InChI=1S/C22H23ClFN3O4/c1-3-29-18-8-5-14(11-19(18)30-4-2)9-10-25-21(28)22-27-26-20(31-22)12-15-6-7-16(24)13-17(15)23/h5-8,11,13H,3-4,9-10,12H2,1-2H3,(H,25,28). The monoisotopic (exact) mass is 447 g/mol. The van der Waals surface area contributed by atoms with Crippen LogP contribution in [0.5, 0.6) is 11.5 Å². The minimum atomic E-state index is -0.472. The zero-order valence-electron chi connectivity index (χ0n) is 17.3. The van der Waals surface area contributed by atoms with Crippen molar-refractivity contribution in [3.8, 4) is 11.5 Å². The van der Waals surface area contributed by atoms with Gasteiger partial charge in [0.1, 0.15) is 5.82 Å². The molecule has 0 bridgehead atoms. The van der Waals surface area contributed by atoms with E-state index >= 15 is 0 Å². The van der Waals surface area contributed by atoms with E-state index in [1.165, 1.54) is 18.2 Å². The minimum Gasteiger partial charge on any atom is -0.490 e. The average molecular weight is 448 g/mol. The number of nitrogens with zero attached hydrogens (tertiary/aromatic N) is 2. The molecule has 7 nitrogen and oxygen atoms in total. The van der Waals surface area contributed by atoms with Crippen LogP contribution in [0.4, 0.5) is 4.39 Å². The van der Waals surface area contributed by atoms with Crippen molar-refractivity contribution in [1.29, 1.82) is 0 Å². The van der Waals surface area contributed by atoms with Gasteiger partial charge in [0.25, 0.3) is 0 Å². The van der Waals surface area contributed by atoms with Gasteiger partial charge in [-0.05, 0) is 55.7 Å². The molecule has 1 heterocycles. The summed E-state index contributed by atoms with van der Waals surface area (Å²) in [5.74, 6) is 0.535. The number of benzene rings is 2. The van der Waals surface area contributed by atoms with Crippen molar-refractivity contribution >= 4 is 17.5 Å². The lowest BCUT2D eigenvalue weighted by molar-refractivity contribution is 0.0918. The lowest BCUT2D eigenvalue weighted by Crippen LogP contribution is -2.26. The highest BCUT2D eigenvalue weighted by Crippen LogP contribution is 2.28. The molecular weight excluding hydrogens is 425 g/mol. The zero-order valence-corrected chi connectivity index (χ0v) is 18.0. The summed E-state index contributed by atoms with van der Waals surface area (Å²) >= 11 is 6.01. The predicted molar refractivity (Wildman–Crippen MR) is 113 cm³/mol. The number of carbonyl (C=O) groups is 1. The van der Waals surface area contributed by atoms with Crippen molar-refractivity contribution in [2.24, 2.45) is 0 Å². The topological polar surface area (TPSA) is 86.5 Å². The van der Waals surface area contributed by atoms with Gasteiger partial charge in [-0.3, -0.25) is 4.79 Å². The molecule has 0 radical (unpaired) electrons. The van der Waals surface area contributed by atoms with E-state index in [1.807, 2.05) is 32.0 Å². The van der Waals surface area contributed by atoms with Crippen LogP contribution >= 0.6 is 11.6 Å². The summed E-state index contributed by atoms with van der Waals surface area (Å²) in [5.41, 5.74) is 1.61. The normalized spacial score (nSPS) is 10.7. The van der Waals surface area contributed by atoms with E-state index in [-0.39, 0.29) is 23.2 Å². The van der Waals surface area contributed by atoms with Crippen molar-refractivity contribution in [3.63, 3.8) is 0 Å². The van der Waals surface area contributed by atoms with Gasteiger partial charge in [-0.1, -0.05) is 23.7 Å². The highest BCUT2D eigenvalue weighted by molar-refractivity contribution is 6.31. The molecule has 0 spiro atoms. The van der Waals surface area contributed by atoms with E-state index in [0.717, 1.165) is 5.56 Å². The number of nitrogens with one attached hydrogen (secondary N) is 1. The number of rotatable bonds is 10. The van der Waals surface area contributed by atoms with Crippen LogP contribution in [0, 0.1) is 5.82 Å². The summed E-state index contributed by atoms with van der Waals surface area (Å²) in [6, 6.07) is 9.72. The van der Waals surface area contributed by atoms with E-state index < -0.39 is 11.7 Å². The fourth-order valence-electron chi connectivity index (χ4n) is 2.89. The molecular formula is C22H23ClFN3O4. The third kappa shape index (κ3) is 6.18. The van der Waals surface area contributed by atoms with E-state index in [4.69, 9.17) is 25.5 Å². The molecule has 1 amide bonds.